The maximum atomic E-state index is 12.3. The molecular weight excluding hydrogens is 326 g/mol. The van der Waals surface area contributed by atoms with Crippen molar-refractivity contribution >= 4 is 5.91 Å². The second-order valence-corrected chi connectivity index (χ2v) is 6.70. The Morgan fingerprint density at radius 3 is 2.38 bits per heavy atom. The largest absolute Gasteiger partial charge is 0.497 e. The fraction of sp³-hybridized carbons (Fsp3) is 0.409. The van der Waals surface area contributed by atoms with E-state index in [9.17, 15) is 4.79 Å². The van der Waals surface area contributed by atoms with Gasteiger partial charge in [0.2, 0.25) is 0 Å². The Bertz CT molecular complexity index is 695. The zero-order chi connectivity index (χ0) is 18.9. The molecule has 0 bridgehead atoms. The van der Waals surface area contributed by atoms with Gasteiger partial charge in [-0.15, -0.1) is 0 Å². The number of rotatable bonds is 9. The lowest BCUT2D eigenvalue weighted by molar-refractivity contribution is -0.127. The number of methoxy groups -OCH3 is 1. The molecule has 26 heavy (non-hydrogen) atoms. The van der Waals surface area contributed by atoms with Gasteiger partial charge in [0.1, 0.15) is 11.5 Å². The summed E-state index contributed by atoms with van der Waals surface area (Å²) in [6.07, 6.45) is 1.28. The highest BCUT2D eigenvalue weighted by molar-refractivity contribution is 5.80. The zero-order valence-corrected chi connectivity index (χ0v) is 16.1. The van der Waals surface area contributed by atoms with Crippen molar-refractivity contribution in [2.24, 2.45) is 0 Å². The van der Waals surface area contributed by atoms with E-state index in [1.165, 1.54) is 5.56 Å². The fourth-order valence-corrected chi connectivity index (χ4v) is 2.75. The molecule has 1 N–H and O–H groups in total. The Balaban J connectivity index is 1.76. The predicted molar refractivity (Wildman–Crippen MR) is 105 cm³/mol. The zero-order valence-electron chi connectivity index (χ0n) is 16.1. The van der Waals surface area contributed by atoms with Gasteiger partial charge in [-0.05, 0) is 55.0 Å². The van der Waals surface area contributed by atoms with Gasteiger partial charge in [-0.1, -0.05) is 44.2 Å². The average Bonchev–Trinajstić information content (AvgIpc) is 2.65. The first-order chi connectivity index (χ1) is 12.5. The van der Waals surface area contributed by atoms with Gasteiger partial charge in [0, 0.05) is 6.54 Å². The van der Waals surface area contributed by atoms with E-state index in [1.807, 2.05) is 36.4 Å². The third kappa shape index (κ3) is 5.80. The number of hydrogen-bond donors (Lipinski definition) is 1. The van der Waals surface area contributed by atoms with E-state index in [0.717, 1.165) is 29.9 Å². The van der Waals surface area contributed by atoms with Gasteiger partial charge >= 0.3 is 0 Å². The molecule has 0 radical (unpaired) electrons. The van der Waals surface area contributed by atoms with Crippen LogP contribution < -0.4 is 14.8 Å². The average molecular weight is 355 g/mol. The molecule has 2 aromatic rings. The van der Waals surface area contributed by atoms with Crippen LogP contribution in [0, 0.1) is 0 Å². The van der Waals surface area contributed by atoms with Crippen LogP contribution in [0.2, 0.25) is 0 Å². The molecule has 0 fully saturated rings. The van der Waals surface area contributed by atoms with Crippen LogP contribution in [-0.4, -0.2) is 25.7 Å². The minimum Gasteiger partial charge on any atom is -0.497 e. The van der Waals surface area contributed by atoms with Gasteiger partial charge < -0.3 is 14.8 Å². The van der Waals surface area contributed by atoms with E-state index >= 15 is 0 Å². The molecule has 1 amide bonds. The van der Waals surface area contributed by atoms with E-state index in [4.69, 9.17) is 9.47 Å². The van der Waals surface area contributed by atoms with Crippen LogP contribution in [0.25, 0.3) is 0 Å². The number of carbonyl (C=O) groups excluding carboxylic acids is 1. The minimum absolute atomic E-state index is 0.0849. The van der Waals surface area contributed by atoms with E-state index in [1.54, 1.807) is 14.0 Å². The number of benzene rings is 2. The molecule has 0 aliphatic heterocycles. The van der Waals surface area contributed by atoms with Crippen molar-refractivity contribution in [1.29, 1.82) is 0 Å². The topological polar surface area (TPSA) is 47.6 Å². The highest BCUT2D eigenvalue weighted by atomic mass is 16.5. The predicted octanol–water partition coefficient (Wildman–Crippen LogP) is 4.33. The number of carbonyl (C=O) groups is 1. The normalized spacial score (nSPS) is 11.9. The molecule has 0 spiro atoms. The van der Waals surface area contributed by atoms with Crippen molar-refractivity contribution < 1.29 is 14.3 Å². The summed E-state index contributed by atoms with van der Waals surface area (Å²) in [5.74, 6) is 1.90. The lowest BCUT2D eigenvalue weighted by atomic mass is 10.0. The molecular formula is C22H29NO3. The van der Waals surface area contributed by atoms with Crippen LogP contribution in [0.15, 0.2) is 48.5 Å². The monoisotopic (exact) mass is 355 g/mol. The van der Waals surface area contributed by atoms with Crippen LogP contribution in [-0.2, 0) is 11.2 Å². The molecule has 0 saturated carbocycles. The number of ether oxygens (including phenoxy) is 2. The Hall–Kier alpha value is -2.49. The second kappa shape index (κ2) is 9.85. The van der Waals surface area contributed by atoms with Crippen LogP contribution in [0.1, 0.15) is 44.2 Å². The van der Waals surface area contributed by atoms with Crippen LogP contribution >= 0.6 is 0 Å². The van der Waals surface area contributed by atoms with Gasteiger partial charge in [-0.2, -0.15) is 0 Å². The Morgan fingerprint density at radius 1 is 1.04 bits per heavy atom. The highest BCUT2D eigenvalue weighted by Crippen LogP contribution is 2.26. The molecule has 2 aromatic carbocycles. The van der Waals surface area contributed by atoms with Crippen LogP contribution in [0.3, 0.4) is 0 Å². The molecule has 0 aliphatic carbocycles. The number of amides is 1. The third-order valence-corrected chi connectivity index (χ3v) is 4.31. The van der Waals surface area contributed by atoms with Crippen LogP contribution in [0.4, 0.5) is 0 Å². The van der Waals surface area contributed by atoms with Gasteiger partial charge in [0.05, 0.1) is 7.11 Å². The smallest absolute Gasteiger partial charge is 0.260 e. The summed E-state index contributed by atoms with van der Waals surface area (Å²) in [7, 11) is 1.66. The molecule has 0 aromatic heterocycles. The standard InChI is InChI=1S/C22H29NO3/c1-16(2)20-9-5-6-10-21(20)26-17(3)22(24)23-15-7-8-18-11-13-19(25-4)14-12-18/h5-6,9-14,16-17H,7-8,15H2,1-4H3,(H,23,24)/t17-/m1/s1. The summed E-state index contributed by atoms with van der Waals surface area (Å²) in [4.78, 5) is 12.3. The second-order valence-electron chi connectivity index (χ2n) is 6.70. The van der Waals surface area contributed by atoms with Crippen molar-refractivity contribution in [3.05, 3.63) is 59.7 Å². The molecule has 140 valence electrons. The maximum Gasteiger partial charge on any atom is 0.260 e. The van der Waals surface area contributed by atoms with E-state index in [2.05, 4.69) is 31.3 Å². The summed E-state index contributed by atoms with van der Waals surface area (Å²) in [5, 5.41) is 2.96. The Kier molecular flexibility index (Phi) is 7.52. The number of hydrogen-bond acceptors (Lipinski definition) is 3. The lowest BCUT2D eigenvalue weighted by Gasteiger charge is -2.18. The molecule has 4 heteroatoms. The first-order valence-corrected chi connectivity index (χ1v) is 9.17. The van der Waals surface area contributed by atoms with E-state index < -0.39 is 6.10 Å². The number of para-hydroxylation sites is 1. The summed E-state index contributed by atoms with van der Waals surface area (Å²) >= 11 is 0. The maximum absolute atomic E-state index is 12.3. The quantitative estimate of drug-likeness (QED) is 0.681. The molecule has 0 aliphatic rings. The number of aryl methyl sites for hydroxylation is 1. The lowest BCUT2D eigenvalue weighted by Crippen LogP contribution is -2.37. The molecule has 0 saturated heterocycles. The van der Waals surface area contributed by atoms with Gasteiger partial charge in [-0.3, -0.25) is 4.79 Å². The van der Waals surface area contributed by atoms with Gasteiger partial charge in [-0.25, -0.2) is 0 Å². The molecule has 2 rings (SSSR count). The van der Waals surface area contributed by atoms with Crippen molar-refractivity contribution in [2.75, 3.05) is 13.7 Å². The highest BCUT2D eigenvalue weighted by Gasteiger charge is 2.16. The third-order valence-electron chi connectivity index (χ3n) is 4.31. The first kappa shape index (κ1) is 19.8. The SMILES string of the molecule is COc1ccc(CCCNC(=O)[C@@H](C)Oc2ccccc2C(C)C)cc1. The molecule has 4 nitrogen and oxygen atoms in total. The number of nitrogens with one attached hydrogen (secondary N) is 1. The summed E-state index contributed by atoms with van der Waals surface area (Å²) in [5.41, 5.74) is 2.35. The Labute approximate surface area is 156 Å². The van der Waals surface area contributed by atoms with Crippen LogP contribution in [0.5, 0.6) is 11.5 Å². The van der Waals surface area contributed by atoms with Gasteiger partial charge in [0.25, 0.3) is 5.91 Å². The first-order valence-electron chi connectivity index (χ1n) is 9.17. The van der Waals surface area contributed by atoms with Crippen molar-refractivity contribution in [3.8, 4) is 11.5 Å². The summed E-state index contributed by atoms with van der Waals surface area (Å²) in [6, 6.07) is 15.9. The van der Waals surface area contributed by atoms with Crippen molar-refractivity contribution in [2.45, 2.75) is 45.6 Å². The summed E-state index contributed by atoms with van der Waals surface area (Å²) < 4.78 is 11.0. The minimum atomic E-state index is -0.518. The van der Waals surface area contributed by atoms with E-state index in [-0.39, 0.29) is 5.91 Å². The molecule has 1 atom stereocenters. The molecule has 0 heterocycles. The fourth-order valence-electron chi connectivity index (χ4n) is 2.75. The molecule has 0 unspecified atom stereocenters. The van der Waals surface area contributed by atoms with Crippen molar-refractivity contribution in [3.63, 3.8) is 0 Å². The summed E-state index contributed by atoms with van der Waals surface area (Å²) in [6.45, 7) is 6.65. The van der Waals surface area contributed by atoms with Gasteiger partial charge in [0.15, 0.2) is 6.10 Å². The van der Waals surface area contributed by atoms with E-state index in [0.29, 0.717) is 12.5 Å². The van der Waals surface area contributed by atoms with Crippen molar-refractivity contribution in [1.82, 2.24) is 5.32 Å². The Morgan fingerprint density at radius 2 is 1.73 bits per heavy atom.